The molecule has 0 atom stereocenters. The summed E-state index contributed by atoms with van der Waals surface area (Å²) in [5.74, 6) is -0.133. The van der Waals surface area contributed by atoms with Gasteiger partial charge >= 0.3 is 0 Å². The Morgan fingerprint density at radius 2 is 2.29 bits per heavy atom. The van der Waals surface area contributed by atoms with Crippen LogP contribution in [0.2, 0.25) is 0 Å². The minimum atomic E-state index is -0.388. The fraction of sp³-hybridized carbons (Fsp3) is 0.250. The molecule has 0 spiro atoms. The van der Waals surface area contributed by atoms with Gasteiger partial charge in [-0.2, -0.15) is 0 Å². The summed E-state index contributed by atoms with van der Waals surface area (Å²) in [6.45, 7) is 2.61. The van der Waals surface area contributed by atoms with E-state index >= 15 is 0 Å². The molecular weight excluding hydrogens is 221 g/mol. The van der Waals surface area contributed by atoms with Gasteiger partial charge in [0.25, 0.3) is 0 Å². The lowest BCUT2D eigenvalue weighted by Crippen LogP contribution is -2.05. The highest BCUT2D eigenvalue weighted by Crippen LogP contribution is 2.21. The van der Waals surface area contributed by atoms with Crippen LogP contribution in [0.1, 0.15) is 12.6 Å². The van der Waals surface area contributed by atoms with Crippen LogP contribution in [0, 0.1) is 5.82 Å². The first-order valence-corrected chi connectivity index (χ1v) is 5.40. The number of hydrogen-bond donors (Lipinski definition) is 1. The van der Waals surface area contributed by atoms with Gasteiger partial charge in [0, 0.05) is 24.5 Å². The standard InChI is InChI=1S/C12H14FN3O/c1-2-17-12-4-3-9(5-11(12)13)16-8-15-7-10(16)6-14/h3-5,7-8H,2,6,14H2,1H3. The monoisotopic (exact) mass is 235 g/mol. The molecule has 0 aliphatic carbocycles. The van der Waals surface area contributed by atoms with E-state index < -0.39 is 0 Å². The molecule has 17 heavy (non-hydrogen) atoms. The molecule has 0 unspecified atom stereocenters. The number of ether oxygens (including phenoxy) is 1. The van der Waals surface area contributed by atoms with Gasteiger partial charge in [-0.25, -0.2) is 9.37 Å². The molecule has 0 saturated heterocycles. The Kier molecular flexibility index (Phi) is 3.39. The van der Waals surface area contributed by atoms with Crippen molar-refractivity contribution in [1.82, 2.24) is 9.55 Å². The molecule has 0 bridgehead atoms. The van der Waals surface area contributed by atoms with E-state index in [9.17, 15) is 4.39 Å². The average Bonchev–Trinajstić information content (AvgIpc) is 2.80. The van der Waals surface area contributed by atoms with Crippen molar-refractivity contribution >= 4 is 0 Å². The molecule has 2 N–H and O–H groups in total. The van der Waals surface area contributed by atoms with E-state index in [4.69, 9.17) is 10.5 Å². The summed E-state index contributed by atoms with van der Waals surface area (Å²) in [5, 5.41) is 0. The smallest absolute Gasteiger partial charge is 0.167 e. The van der Waals surface area contributed by atoms with Crippen molar-refractivity contribution in [2.45, 2.75) is 13.5 Å². The van der Waals surface area contributed by atoms with E-state index in [0.717, 1.165) is 5.69 Å². The first-order valence-electron chi connectivity index (χ1n) is 5.40. The number of imidazole rings is 1. The normalized spacial score (nSPS) is 10.5. The molecule has 1 heterocycles. The zero-order valence-electron chi connectivity index (χ0n) is 9.56. The van der Waals surface area contributed by atoms with Crippen molar-refractivity contribution in [3.8, 4) is 11.4 Å². The lowest BCUT2D eigenvalue weighted by Gasteiger charge is -2.09. The van der Waals surface area contributed by atoms with Crippen LogP contribution in [0.15, 0.2) is 30.7 Å². The first-order chi connectivity index (χ1) is 8.26. The molecule has 1 aromatic heterocycles. The van der Waals surface area contributed by atoms with E-state index in [2.05, 4.69) is 4.98 Å². The van der Waals surface area contributed by atoms with E-state index in [-0.39, 0.29) is 11.6 Å². The highest BCUT2D eigenvalue weighted by molar-refractivity contribution is 5.39. The van der Waals surface area contributed by atoms with Crippen LogP contribution >= 0.6 is 0 Å². The number of benzene rings is 1. The highest BCUT2D eigenvalue weighted by Gasteiger charge is 2.07. The van der Waals surface area contributed by atoms with Crippen molar-refractivity contribution in [3.05, 3.63) is 42.2 Å². The highest BCUT2D eigenvalue weighted by atomic mass is 19.1. The first kappa shape index (κ1) is 11.6. The van der Waals surface area contributed by atoms with E-state index in [1.807, 2.05) is 6.92 Å². The molecule has 2 aromatic rings. The molecule has 0 radical (unpaired) electrons. The zero-order chi connectivity index (χ0) is 12.3. The van der Waals surface area contributed by atoms with E-state index in [1.54, 1.807) is 29.2 Å². The molecule has 90 valence electrons. The van der Waals surface area contributed by atoms with Gasteiger partial charge in [-0.1, -0.05) is 0 Å². The Labute approximate surface area is 98.8 Å². The number of rotatable bonds is 4. The van der Waals surface area contributed by atoms with Gasteiger partial charge < -0.3 is 15.0 Å². The van der Waals surface area contributed by atoms with E-state index in [1.165, 1.54) is 6.07 Å². The second-order valence-corrected chi connectivity index (χ2v) is 3.51. The Morgan fingerprint density at radius 1 is 1.47 bits per heavy atom. The number of aromatic nitrogens is 2. The van der Waals surface area contributed by atoms with Gasteiger partial charge in [0.1, 0.15) is 0 Å². The predicted octanol–water partition coefficient (Wildman–Crippen LogP) is 1.87. The SMILES string of the molecule is CCOc1ccc(-n2cncc2CN)cc1F. The van der Waals surface area contributed by atoms with Crippen molar-refractivity contribution in [2.24, 2.45) is 5.73 Å². The summed E-state index contributed by atoms with van der Waals surface area (Å²) in [5.41, 5.74) is 7.08. The summed E-state index contributed by atoms with van der Waals surface area (Å²) in [7, 11) is 0. The Bertz CT molecular complexity index is 510. The molecule has 0 amide bonds. The second kappa shape index (κ2) is 4.97. The van der Waals surface area contributed by atoms with Crippen LogP contribution < -0.4 is 10.5 Å². The third-order valence-electron chi connectivity index (χ3n) is 2.42. The number of hydrogen-bond acceptors (Lipinski definition) is 3. The second-order valence-electron chi connectivity index (χ2n) is 3.51. The lowest BCUT2D eigenvalue weighted by atomic mass is 10.2. The summed E-state index contributed by atoms with van der Waals surface area (Å²) in [6.07, 6.45) is 3.27. The van der Waals surface area contributed by atoms with Gasteiger partial charge in [-0.05, 0) is 19.1 Å². The fourth-order valence-corrected chi connectivity index (χ4v) is 1.62. The maximum absolute atomic E-state index is 13.7. The zero-order valence-corrected chi connectivity index (χ0v) is 9.56. The lowest BCUT2D eigenvalue weighted by molar-refractivity contribution is 0.321. The van der Waals surface area contributed by atoms with Gasteiger partial charge in [-0.3, -0.25) is 0 Å². The molecule has 0 saturated carbocycles. The van der Waals surface area contributed by atoms with Crippen LogP contribution in [-0.4, -0.2) is 16.2 Å². The van der Waals surface area contributed by atoms with Crippen molar-refractivity contribution in [3.63, 3.8) is 0 Å². The Morgan fingerprint density at radius 3 is 2.94 bits per heavy atom. The van der Waals surface area contributed by atoms with Crippen LogP contribution in [0.25, 0.3) is 5.69 Å². The Balaban J connectivity index is 2.37. The molecule has 0 fully saturated rings. The number of halogens is 1. The molecule has 2 rings (SSSR count). The molecule has 4 nitrogen and oxygen atoms in total. The van der Waals surface area contributed by atoms with Gasteiger partial charge in [0.05, 0.1) is 18.6 Å². The Hall–Kier alpha value is -1.88. The topological polar surface area (TPSA) is 53.1 Å². The van der Waals surface area contributed by atoms with Gasteiger partial charge in [-0.15, -0.1) is 0 Å². The minimum absolute atomic E-state index is 0.255. The predicted molar refractivity (Wildman–Crippen MR) is 62.6 cm³/mol. The number of nitrogens with zero attached hydrogens (tertiary/aromatic N) is 2. The number of nitrogens with two attached hydrogens (primary N) is 1. The van der Waals surface area contributed by atoms with Crippen LogP contribution in [-0.2, 0) is 6.54 Å². The molecule has 1 aromatic carbocycles. The molecular formula is C12H14FN3O. The molecule has 5 heteroatoms. The summed E-state index contributed by atoms with van der Waals surface area (Å²) >= 11 is 0. The van der Waals surface area contributed by atoms with Crippen LogP contribution in [0.5, 0.6) is 5.75 Å². The van der Waals surface area contributed by atoms with E-state index in [0.29, 0.717) is 18.8 Å². The summed E-state index contributed by atoms with van der Waals surface area (Å²) in [6, 6.07) is 4.79. The third kappa shape index (κ3) is 2.29. The van der Waals surface area contributed by atoms with Crippen molar-refractivity contribution < 1.29 is 9.13 Å². The fourth-order valence-electron chi connectivity index (χ4n) is 1.62. The largest absolute Gasteiger partial charge is 0.491 e. The van der Waals surface area contributed by atoms with Gasteiger partial charge in [0.15, 0.2) is 11.6 Å². The summed E-state index contributed by atoms with van der Waals surface area (Å²) < 4.78 is 20.6. The summed E-state index contributed by atoms with van der Waals surface area (Å²) in [4.78, 5) is 3.99. The minimum Gasteiger partial charge on any atom is -0.491 e. The average molecular weight is 235 g/mol. The maximum Gasteiger partial charge on any atom is 0.167 e. The van der Waals surface area contributed by atoms with Crippen molar-refractivity contribution in [1.29, 1.82) is 0 Å². The molecule has 0 aliphatic heterocycles. The van der Waals surface area contributed by atoms with Crippen LogP contribution in [0.3, 0.4) is 0 Å². The third-order valence-corrected chi connectivity index (χ3v) is 2.42. The molecule has 0 aliphatic rings. The van der Waals surface area contributed by atoms with Gasteiger partial charge in [0.2, 0.25) is 0 Å². The van der Waals surface area contributed by atoms with Crippen LogP contribution in [0.4, 0.5) is 4.39 Å². The maximum atomic E-state index is 13.7. The van der Waals surface area contributed by atoms with Crippen molar-refractivity contribution in [2.75, 3.05) is 6.61 Å². The quantitative estimate of drug-likeness (QED) is 0.880.